The van der Waals surface area contributed by atoms with Crippen LogP contribution in [0.25, 0.3) is 18.3 Å². The number of benzene rings is 2. The number of hydrogen-bond donors (Lipinski definition) is 3. The Balaban J connectivity index is 2.05. The summed E-state index contributed by atoms with van der Waals surface area (Å²) in [7, 11) is 0. The van der Waals surface area contributed by atoms with E-state index in [2.05, 4.69) is 16.6 Å². The monoisotopic (exact) mass is 324 g/mol. The average Bonchev–Trinajstić information content (AvgIpc) is 2.86. The molecule has 0 aliphatic carbocycles. The second-order valence-corrected chi connectivity index (χ2v) is 5.32. The largest absolute Gasteiger partial charge is 0.508 e. The van der Waals surface area contributed by atoms with E-state index in [1.165, 1.54) is 4.68 Å². The van der Waals surface area contributed by atoms with Crippen LogP contribution in [0.15, 0.2) is 53.3 Å². The molecule has 3 rings (SSSR count). The minimum absolute atomic E-state index is 0.0837. The molecule has 0 aliphatic rings. The Hall–Kier alpha value is -3.09. The van der Waals surface area contributed by atoms with E-state index < -0.39 is 0 Å². The molecule has 3 aromatic rings. The Morgan fingerprint density at radius 1 is 1.12 bits per heavy atom. The van der Waals surface area contributed by atoms with Crippen LogP contribution in [0.5, 0.6) is 5.75 Å². The highest BCUT2D eigenvalue weighted by Crippen LogP contribution is 2.09. The number of phenolic OH excluding ortho intramolecular Hbond substituents is 1. The van der Waals surface area contributed by atoms with Crippen molar-refractivity contribution in [1.82, 2.24) is 9.78 Å². The molecule has 0 amide bonds. The summed E-state index contributed by atoms with van der Waals surface area (Å²) in [4.78, 5) is 16.7. The lowest BCUT2D eigenvalue weighted by atomic mass is 10.2. The molecular formula is C18H16N2O4. The maximum absolute atomic E-state index is 12.6. The summed E-state index contributed by atoms with van der Waals surface area (Å²) in [5.74, 6) is 0.167. The van der Waals surface area contributed by atoms with Crippen molar-refractivity contribution in [1.29, 1.82) is 0 Å². The van der Waals surface area contributed by atoms with Crippen LogP contribution in [0.3, 0.4) is 0 Å². The summed E-state index contributed by atoms with van der Waals surface area (Å²) in [6.07, 6.45) is 1.71. The number of phenols is 1. The van der Waals surface area contributed by atoms with Gasteiger partial charge >= 0.3 is 0 Å². The van der Waals surface area contributed by atoms with Gasteiger partial charge in [0.05, 0.1) is 16.3 Å². The Kier molecular flexibility index (Phi) is 4.33. The highest BCUT2D eigenvalue weighted by Gasteiger charge is 2.05. The quantitative estimate of drug-likeness (QED) is 0.495. The maximum atomic E-state index is 12.6. The summed E-state index contributed by atoms with van der Waals surface area (Å²) in [5.41, 5.74) is 2.00. The second kappa shape index (κ2) is 6.57. The van der Waals surface area contributed by atoms with Crippen LogP contribution in [-0.2, 0) is 11.5 Å². The molecule has 2 aromatic carbocycles. The van der Waals surface area contributed by atoms with Crippen molar-refractivity contribution in [2.45, 2.75) is 6.61 Å². The van der Waals surface area contributed by atoms with Gasteiger partial charge in [-0.2, -0.15) is 0 Å². The smallest absolute Gasteiger partial charge is 0.279 e. The fourth-order valence-corrected chi connectivity index (χ4v) is 2.38. The lowest BCUT2D eigenvalue weighted by molar-refractivity contribution is -0.253. The highest BCUT2D eigenvalue weighted by atomic mass is 17.1. The van der Waals surface area contributed by atoms with Crippen molar-refractivity contribution in [3.63, 3.8) is 0 Å². The number of H-pyrrole nitrogens is 1. The number of hydrogen-bond acceptors (Lipinski definition) is 4. The first-order chi connectivity index (χ1) is 11.6. The molecule has 0 saturated carbocycles. The number of aromatic amines is 1. The van der Waals surface area contributed by atoms with E-state index in [1.54, 1.807) is 54.6 Å². The third kappa shape index (κ3) is 3.15. The lowest BCUT2D eigenvalue weighted by Gasteiger charge is -2.02. The van der Waals surface area contributed by atoms with Crippen molar-refractivity contribution in [3.05, 3.63) is 80.6 Å². The fourth-order valence-electron chi connectivity index (χ4n) is 2.38. The molecule has 0 unspecified atom stereocenters. The van der Waals surface area contributed by atoms with Gasteiger partial charge in [-0.15, -0.1) is 0 Å². The Morgan fingerprint density at radius 3 is 2.42 bits per heavy atom. The average molecular weight is 324 g/mol. The summed E-state index contributed by atoms with van der Waals surface area (Å²) in [6.45, 7) is 3.96. The first-order valence-corrected chi connectivity index (χ1v) is 7.25. The van der Waals surface area contributed by atoms with E-state index >= 15 is 0 Å². The molecule has 1 aromatic heterocycles. The molecule has 0 saturated heterocycles. The molecule has 122 valence electrons. The molecule has 0 spiro atoms. The van der Waals surface area contributed by atoms with Crippen LogP contribution in [0, 0.1) is 0 Å². The van der Waals surface area contributed by atoms with E-state index in [0.717, 1.165) is 11.1 Å². The van der Waals surface area contributed by atoms with E-state index in [0.29, 0.717) is 16.3 Å². The Morgan fingerprint density at radius 2 is 1.79 bits per heavy atom. The summed E-state index contributed by atoms with van der Waals surface area (Å²) >= 11 is 0. The zero-order valence-electron chi connectivity index (χ0n) is 12.8. The number of nitrogens with one attached hydrogen (secondary N) is 1. The van der Waals surface area contributed by atoms with Gasteiger partial charge in [0.2, 0.25) is 0 Å². The van der Waals surface area contributed by atoms with Crippen molar-refractivity contribution < 1.29 is 15.3 Å². The number of aromatic nitrogens is 2. The van der Waals surface area contributed by atoms with E-state index in [1.807, 2.05) is 0 Å². The third-order valence-corrected chi connectivity index (χ3v) is 3.64. The molecule has 6 heteroatoms. The molecule has 0 aliphatic heterocycles. The fraction of sp³-hybridized carbons (Fsp3) is 0.0556. The van der Waals surface area contributed by atoms with Crippen molar-refractivity contribution in [2.75, 3.05) is 0 Å². The van der Waals surface area contributed by atoms with Gasteiger partial charge in [-0.05, 0) is 41.5 Å². The maximum Gasteiger partial charge on any atom is 0.279 e. The van der Waals surface area contributed by atoms with Crippen LogP contribution < -0.4 is 16.1 Å². The number of aromatic hydroxyl groups is 1. The summed E-state index contributed by atoms with van der Waals surface area (Å²) in [6, 6.07) is 13.6. The minimum atomic E-state index is -0.223. The highest BCUT2D eigenvalue weighted by molar-refractivity contribution is 5.50. The van der Waals surface area contributed by atoms with E-state index in [-0.39, 0.29) is 17.9 Å². The van der Waals surface area contributed by atoms with Crippen molar-refractivity contribution in [3.8, 4) is 11.4 Å². The van der Waals surface area contributed by atoms with Gasteiger partial charge in [0.1, 0.15) is 12.4 Å². The SMILES string of the molecule is C=c1[nH]n(-c2ccc(COO)cc2)c(=O)c1=Cc1ccc(O)cc1. The van der Waals surface area contributed by atoms with Gasteiger partial charge < -0.3 is 5.11 Å². The van der Waals surface area contributed by atoms with Gasteiger partial charge in [0.25, 0.3) is 5.56 Å². The zero-order valence-corrected chi connectivity index (χ0v) is 12.8. The van der Waals surface area contributed by atoms with Crippen LogP contribution in [0.1, 0.15) is 11.1 Å². The molecule has 0 bridgehead atoms. The molecular weight excluding hydrogens is 308 g/mol. The predicted molar refractivity (Wildman–Crippen MR) is 90.3 cm³/mol. The molecule has 3 N–H and O–H groups in total. The van der Waals surface area contributed by atoms with Crippen molar-refractivity contribution in [2.24, 2.45) is 0 Å². The van der Waals surface area contributed by atoms with Gasteiger partial charge in [0.15, 0.2) is 0 Å². The Labute approximate surface area is 137 Å². The summed E-state index contributed by atoms with van der Waals surface area (Å²) < 4.78 is 1.40. The van der Waals surface area contributed by atoms with Crippen LogP contribution in [0.2, 0.25) is 0 Å². The summed E-state index contributed by atoms with van der Waals surface area (Å²) in [5, 5.41) is 21.7. The van der Waals surface area contributed by atoms with Gasteiger partial charge in [0, 0.05) is 0 Å². The third-order valence-electron chi connectivity index (χ3n) is 3.64. The molecule has 0 radical (unpaired) electrons. The van der Waals surface area contributed by atoms with E-state index in [9.17, 15) is 9.90 Å². The minimum Gasteiger partial charge on any atom is -0.508 e. The van der Waals surface area contributed by atoms with Gasteiger partial charge in [-0.3, -0.25) is 15.2 Å². The first kappa shape index (κ1) is 15.8. The second-order valence-electron chi connectivity index (χ2n) is 5.32. The standard InChI is InChI=1S/C18H16N2O4/c1-12-17(10-13-4-8-16(21)9-5-13)18(22)20(19-12)15-6-2-14(3-7-15)11-24-23/h2-10,19,21,23H,1,11H2. The normalized spacial score (nSPS) is 11.8. The molecule has 1 heterocycles. The molecule has 24 heavy (non-hydrogen) atoms. The van der Waals surface area contributed by atoms with Crippen LogP contribution in [-0.4, -0.2) is 20.1 Å². The van der Waals surface area contributed by atoms with Gasteiger partial charge in [-0.25, -0.2) is 9.57 Å². The topological polar surface area (TPSA) is 87.5 Å². The lowest BCUT2D eigenvalue weighted by Crippen LogP contribution is -2.33. The number of rotatable bonds is 4. The van der Waals surface area contributed by atoms with E-state index in [4.69, 9.17) is 5.26 Å². The Bertz CT molecular complexity index is 999. The number of nitrogens with zero attached hydrogens (tertiary/aromatic N) is 1. The predicted octanol–water partition coefficient (Wildman–Crippen LogP) is 1.10. The van der Waals surface area contributed by atoms with Crippen LogP contribution >= 0.6 is 0 Å². The first-order valence-electron chi connectivity index (χ1n) is 7.25. The van der Waals surface area contributed by atoms with Gasteiger partial charge in [-0.1, -0.05) is 30.8 Å². The molecule has 0 atom stereocenters. The van der Waals surface area contributed by atoms with Crippen LogP contribution in [0.4, 0.5) is 0 Å². The zero-order chi connectivity index (χ0) is 17.1. The van der Waals surface area contributed by atoms with Crippen molar-refractivity contribution >= 4 is 12.7 Å². The molecule has 0 fully saturated rings. The molecule has 6 nitrogen and oxygen atoms in total.